The fraction of sp³-hybridized carbons (Fsp3) is 0.167. The molecule has 0 amide bonds. The summed E-state index contributed by atoms with van der Waals surface area (Å²) in [6.07, 6.45) is 1.75. The summed E-state index contributed by atoms with van der Waals surface area (Å²) in [5, 5.41) is 3.85. The number of hydrogen-bond acceptors (Lipinski definition) is 3. The minimum absolute atomic E-state index is 0.100. The molecule has 1 N–H and O–H groups in total. The summed E-state index contributed by atoms with van der Waals surface area (Å²) >= 11 is 0. The number of carbonyl (C=O) groups is 1. The van der Waals surface area contributed by atoms with Gasteiger partial charge in [-0.05, 0) is 31.3 Å². The number of likely N-dealkylation sites (N-methyl/N-ethyl adjacent to an activating group) is 1. The minimum Gasteiger partial charge on any atom is -0.313 e. The molecule has 3 heteroatoms. The van der Waals surface area contributed by atoms with Crippen LogP contribution < -0.4 is 5.32 Å². The first-order valence-electron chi connectivity index (χ1n) is 4.84. The summed E-state index contributed by atoms with van der Waals surface area (Å²) < 4.78 is 0. The Bertz CT molecular complexity index is 494. The van der Waals surface area contributed by atoms with Crippen molar-refractivity contribution >= 4 is 16.7 Å². The Morgan fingerprint density at radius 2 is 2.27 bits per heavy atom. The third-order valence-electron chi connectivity index (χ3n) is 2.26. The van der Waals surface area contributed by atoms with Crippen molar-refractivity contribution in [2.24, 2.45) is 0 Å². The molecule has 0 aliphatic rings. The van der Waals surface area contributed by atoms with E-state index in [1.165, 1.54) is 0 Å². The molecule has 0 unspecified atom stereocenters. The zero-order valence-corrected chi connectivity index (χ0v) is 8.53. The number of pyridine rings is 1. The largest absolute Gasteiger partial charge is 0.313 e. The minimum atomic E-state index is 0.100. The molecule has 0 spiro atoms. The van der Waals surface area contributed by atoms with Crippen molar-refractivity contribution < 1.29 is 4.79 Å². The number of Topliss-reactive ketones (excluding diaryl/α,β-unsaturated/α-hetero) is 1. The zero-order valence-electron chi connectivity index (χ0n) is 8.53. The SMILES string of the molecule is CNCC(=O)c1ccc2ncccc2c1. The van der Waals surface area contributed by atoms with Gasteiger partial charge in [-0.1, -0.05) is 6.07 Å². The number of rotatable bonds is 3. The third kappa shape index (κ3) is 2.02. The molecule has 0 saturated heterocycles. The topological polar surface area (TPSA) is 42.0 Å². The number of aromatic nitrogens is 1. The van der Waals surface area contributed by atoms with Crippen molar-refractivity contribution in [3.63, 3.8) is 0 Å². The lowest BCUT2D eigenvalue weighted by Crippen LogP contribution is -2.18. The van der Waals surface area contributed by atoms with E-state index in [0.717, 1.165) is 16.5 Å². The molecule has 2 rings (SSSR count). The second-order valence-electron chi connectivity index (χ2n) is 3.36. The number of ketones is 1. The van der Waals surface area contributed by atoms with E-state index in [9.17, 15) is 4.79 Å². The molecule has 0 aliphatic carbocycles. The van der Waals surface area contributed by atoms with Crippen LogP contribution in [0.15, 0.2) is 36.5 Å². The van der Waals surface area contributed by atoms with Gasteiger partial charge in [0, 0.05) is 17.1 Å². The van der Waals surface area contributed by atoms with E-state index in [4.69, 9.17) is 0 Å². The molecule has 0 atom stereocenters. The van der Waals surface area contributed by atoms with Crippen LogP contribution >= 0.6 is 0 Å². The second-order valence-corrected chi connectivity index (χ2v) is 3.36. The van der Waals surface area contributed by atoms with Crippen LogP contribution in [0.4, 0.5) is 0 Å². The summed E-state index contributed by atoms with van der Waals surface area (Å²) in [5.41, 5.74) is 1.64. The van der Waals surface area contributed by atoms with Crippen LogP contribution in [0, 0.1) is 0 Å². The summed E-state index contributed by atoms with van der Waals surface area (Å²) in [6.45, 7) is 0.367. The Labute approximate surface area is 88.1 Å². The van der Waals surface area contributed by atoms with Gasteiger partial charge in [-0.3, -0.25) is 9.78 Å². The Hall–Kier alpha value is -1.74. The molecule has 1 aromatic carbocycles. The van der Waals surface area contributed by atoms with Gasteiger partial charge in [-0.25, -0.2) is 0 Å². The van der Waals surface area contributed by atoms with Crippen molar-refractivity contribution in [2.75, 3.05) is 13.6 Å². The lowest BCUT2D eigenvalue weighted by atomic mass is 10.1. The average molecular weight is 200 g/mol. The molecule has 0 fully saturated rings. The van der Waals surface area contributed by atoms with E-state index in [1.54, 1.807) is 13.2 Å². The molecule has 15 heavy (non-hydrogen) atoms. The normalized spacial score (nSPS) is 10.5. The van der Waals surface area contributed by atoms with Gasteiger partial charge in [0.2, 0.25) is 0 Å². The summed E-state index contributed by atoms with van der Waals surface area (Å²) in [6, 6.07) is 9.39. The maximum Gasteiger partial charge on any atom is 0.176 e. The van der Waals surface area contributed by atoms with Crippen LogP contribution in [-0.2, 0) is 0 Å². The van der Waals surface area contributed by atoms with Crippen LogP contribution in [-0.4, -0.2) is 24.4 Å². The predicted octanol–water partition coefficient (Wildman–Crippen LogP) is 1.64. The van der Waals surface area contributed by atoms with Crippen LogP contribution in [0.5, 0.6) is 0 Å². The smallest absolute Gasteiger partial charge is 0.176 e. The fourth-order valence-corrected chi connectivity index (χ4v) is 1.51. The van der Waals surface area contributed by atoms with Crippen molar-refractivity contribution in [3.05, 3.63) is 42.1 Å². The molecule has 2 aromatic rings. The van der Waals surface area contributed by atoms with E-state index >= 15 is 0 Å². The summed E-state index contributed by atoms with van der Waals surface area (Å²) in [4.78, 5) is 15.8. The number of nitrogens with zero attached hydrogens (tertiary/aromatic N) is 1. The van der Waals surface area contributed by atoms with Crippen molar-refractivity contribution in [3.8, 4) is 0 Å². The average Bonchev–Trinajstić information content (AvgIpc) is 2.29. The zero-order chi connectivity index (χ0) is 10.7. The first-order chi connectivity index (χ1) is 7.31. The molecule has 1 heterocycles. The second kappa shape index (κ2) is 4.19. The van der Waals surface area contributed by atoms with Crippen LogP contribution in [0.2, 0.25) is 0 Å². The summed E-state index contributed by atoms with van der Waals surface area (Å²) in [7, 11) is 1.76. The molecule has 1 aromatic heterocycles. The number of hydrogen-bond donors (Lipinski definition) is 1. The van der Waals surface area contributed by atoms with Gasteiger partial charge in [0.05, 0.1) is 12.1 Å². The molecule has 76 valence electrons. The van der Waals surface area contributed by atoms with E-state index in [-0.39, 0.29) is 5.78 Å². The molecule has 0 radical (unpaired) electrons. The van der Waals surface area contributed by atoms with E-state index in [1.807, 2.05) is 30.3 Å². The molecule has 0 aliphatic heterocycles. The van der Waals surface area contributed by atoms with Gasteiger partial charge in [-0.15, -0.1) is 0 Å². The molecular weight excluding hydrogens is 188 g/mol. The van der Waals surface area contributed by atoms with E-state index in [2.05, 4.69) is 10.3 Å². The first kappa shape index (κ1) is 9.80. The maximum absolute atomic E-state index is 11.6. The number of nitrogens with one attached hydrogen (secondary N) is 1. The van der Waals surface area contributed by atoms with Crippen LogP contribution in [0.1, 0.15) is 10.4 Å². The van der Waals surface area contributed by atoms with E-state index < -0.39 is 0 Å². The molecule has 3 nitrogen and oxygen atoms in total. The van der Waals surface area contributed by atoms with Crippen molar-refractivity contribution in [2.45, 2.75) is 0 Å². The lowest BCUT2D eigenvalue weighted by molar-refractivity contribution is 0.0993. The fourth-order valence-electron chi connectivity index (χ4n) is 1.51. The van der Waals surface area contributed by atoms with Crippen LogP contribution in [0.3, 0.4) is 0 Å². The Morgan fingerprint density at radius 1 is 1.40 bits per heavy atom. The molecule has 0 saturated carbocycles. The van der Waals surface area contributed by atoms with Gasteiger partial charge in [0.1, 0.15) is 0 Å². The lowest BCUT2D eigenvalue weighted by Gasteiger charge is -2.01. The van der Waals surface area contributed by atoms with Gasteiger partial charge < -0.3 is 5.32 Å². The summed E-state index contributed by atoms with van der Waals surface area (Å²) in [5.74, 6) is 0.100. The van der Waals surface area contributed by atoms with Gasteiger partial charge in [0.25, 0.3) is 0 Å². The number of benzene rings is 1. The van der Waals surface area contributed by atoms with Crippen molar-refractivity contribution in [1.29, 1.82) is 0 Å². The number of fused-ring (bicyclic) bond motifs is 1. The quantitative estimate of drug-likeness (QED) is 0.766. The highest BCUT2D eigenvalue weighted by molar-refractivity contribution is 6.00. The van der Waals surface area contributed by atoms with Gasteiger partial charge in [0.15, 0.2) is 5.78 Å². The highest BCUT2D eigenvalue weighted by atomic mass is 16.1. The van der Waals surface area contributed by atoms with Crippen molar-refractivity contribution in [1.82, 2.24) is 10.3 Å². The van der Waals surface area contributed by atoms with E-state index in [0.29, 0.717) is 6.54 Å². The Balaban J connectivity index is 2.42. The Kier molecular flexibility index (Phi) is 2.74. The molecule has 0 bridgehead atoms. The predicted molar refractivity (Wildman–Crippen MR) is 60.0 cm³/mol. The number of carbonyl (C=O) groups excluding carboxylic acids is 1. The molecular formula is C12H12N2O. The van der Waals surface area contributed by atoms with Gasteiger partial charge >= 0.3 is 0 Å². The third-order valence-corrected chi connectivity index (χ3v) is 2.26. The van der Waals surface area contributed by atoms with Gasteiger partial charge in [-0.2, -0.15) is 0 Å². The first-order valence-corrected chi connectivity index (χ1v) is 4.84. The highest BCUT2D eigenvalue weighted by Gasteiger charge is 2.04. The Morgan fingerprint density at radius 3 is 3.07 bits per heavy atom. The standard InChI is InChI=1S/C12H12N2O/c1-13-8-12(15)10-4-5-11-9(7-10)3-2-6-14-11/h2-7,13H,8H2,1H3. The maximum atomic E-state index is 11.6. The monoisotopic (exact) mass is 200 g/mol. The van der Waals surface area contributed by atoms with Crippen LogP contribution in [0.25, 0.3) is 10.9 Å². The highest BCUT2D eigenvalue weighted by Crippen LogP contribution is 2.13.